The normalized spacial score (nSPS) is 11.3. The van der Waals surface area contributed by atoms with Crippen molar-refractivity contribution >= 4 is 23.8 Å². The summed E-state index contributed by atoms with van der Waals surface area (Å²) >= 11 is 0. The monoisotopic (exact) mass is 404 g/mol. The molecule has 1 heterocycles. The number of benzene rings is 1. The van der Waals surface area contributed by atoms with Crippen LogP contribution in [0.5, 0.6) is 0 Å². The first-order valence-corrected chi connectivity index (χ1v) is 8.56. The minimum atomic E-state index is -1.35. The number of aliphatic carboxylic acids is 1. The van der Waals surface area contributed by atoms with Gasteiger partial charge in [-0.3, -0.25) is 14.4 Å². The molecule has 12 nitrogen and oxygen atoms in total. The predicted molar refractivity (Wildman–Crippen MR) is 96.4 cm³/mol. The molecule has 154 valence electrons. The van der Waals surface area contributed by atoms with Crippen LogP contribution in [0.3, 0.4) is 0 Å². The van der Waals surface area contributed by atoms with Crippen molar-refractivity contribution in [3.8, 4) is 0 Å². The van der Waals surface area contributed by atoms with Crippen LogP contribution in [0.2, 0.25) is 0 Å². The number of tetrazole rings is 1. The maximum absolute atomic E-state index is 12.5. The lowest BCUT2D eigenvalue weighted by Crippen LogP contribution is -2.44. The number of carboxylic acids is 1. The third-order valence-corrected chi connectivity index (χ3v) is 3.78. The number of nitrogens with zero attached hydrogens (tertiary/aromatic N) is 4. The Morgan fingerprint density at radius 3 is 2.59 bits per heavy atom. The number of rotatable bonds is 10. The first kappa shape index (κ1) is 21.5. The van der Waals surface area contributed by atoms with Crippen molar-refractivity contribution in [3.05, 3.63) is 41.7 Å². The Hall–Kier alpha value is -3.83. The van der Waals surface area contributed by atoms with Crippen molar-refractivity contribution in [1.82, 2.24) is 30.8 Å². The van der Waals surface area contributed by atoms with E-state index in [9.17, 15) is 19.2 Å². The van der Waals surface area contributed by atoms with Crippen LogP contribution < -0.4 is 10.6 Å². The quantitative estimate of drug-likeness (QED) is 0.464. The zero-order valence-electron chi connectivity index (χ0n) is 15.6. The molecule has 0 fully saturated rings. The Kier molecular flexibility index (Phi) is 7.77. The van der Waals surface area contributed by atoms with Gasteiger partial charge in [0, 0.05) is 7.05 Å². The van der Waals surface area contributed by atoms with Crippen molar-refractivity contribution < 1.29 is 29.0 Å². The van der Waals surface area contributed by atoms with Gasteiger partial charge in [0.25, 0.3) is 0 Å². The van der Waals surface area contributed by atoms with Gasteiger partial charge in [-0.15, -0.1) is 5.10 Å². The maximum atomic E-state index is 12.5. The van der Waals surface area contributed by atoms with E-state index in [1.165, 1.54) is 7.05 Å². The molecule has 0 aliphatic rings. The van der Waals surface area contributed by atoms with Crippen LogP contribution in [0.1, 0.15) is 17.8 Å². The highest BCUT2D eigenvalue weighted by Gasteiger charge is 2.26. The summed E-state index contributed by atoms with van der Waals surface area (Å²) in [5, 5.41) is 24.4. The van der Waals surface area contributed by atoms with Crippen LogP contribution in [0, 0.1) is 0 Å². The van der Waals surface area contributed by atoms with E-state index in [-0.39, 0.29) is 24.8 Å². The number of carboxylic acid groups (broad SMARTS) is 1. The highest BCUT2D eigenvalue weighted by molar-refractivity contribution is 5.90. The zero-order chi connectivity index (χ0) is 21.2. The van der Waals surface area contributed by atoms with Gasteiger partial charge >= 0.3 is 12.1 Å². The average Bonchev–Trinajstić information content (AvgIpc) is 3.12. The number of carbonyl (C=O) groups excluding carboxylic acids is 3. The molecule has 29 heavy (non-hydrogen) atoms. The van der Waals surface area contributed by atoms with E-state index in [4.69, 9.17) is 9.84 Å². The smallest absolute Gasteiger partial charge is 0.408 e. The first-order chi connectivity index (χ1) is 13.9. The number of aromatic nitrogens is 4. The highest BCUT2D eigenvalue weighted by Crippen LogP contribution is 2.04. The summed E-state index contributed by atoms with van der Waals surface area (Å²) in [5.74, 6) is -2.18. The van der Waals surface area contributed by atoms with Gasteiger partial charge in [0.1, 0.15) is 19.2 Å². The topological polar surface area (TPSA) is 165 Å². The first-order valence-electron chi connectivity index (χ1n) is 8.56. The molecule has 0 spiro atoms. The van der Waals surface area contributed by atoms with Crippen molar-refractivity contribution in [3.63, 3.8) is 0 Å². The van der Waals surface area contributed by atoms with Crippen LogP contribution >= 0.6 is 0 Å². The van der Waals surface area contributed by atoms with E-state index in [0.29, 0.717) is 0 Å². The minimum absolute atomic E-state index is 0.0378. The zero-order valence-corrected chi connectivity index (χ0v) is 15.6. The van der Waals surface area contributed by atoms with Gasteiger partial charge in [-0.1, -0.05) is 30.3 Å². The summed E-state index contributed by atoms with van der Waals surface area (Å²) in [7, 11) is 1.44. The molecule has 1 atom stereocenters. The lowest BCUT2D eigenvalue weighted by Gasteiger charge is -2.16. The van der Waals surface area contributed by atoms with E-state index in [0.717, 1.165) is 10.2 Å². The summed E-state index contributed by atoms with van der Waals surface area (Å²) in [4.78, 5) is 47.1. The SMILES string of the molecule is CNC(=O)Cc1nnnn1CC(=O)C(CC(=O)O)NC(=O)OCc1ccccc1. The van der Waals surface area contributed by atoms with Crippen LogP contribution in [0.4, 0.5) is 4.79 Å². The lowest BCUT2D eigenvalue weighted by molar-refractivity contribution is -0.139. The largest absolute Gasteiger partial charge is 0.481 e. The summed E-state index contributed by atoms with van der Waals surface area (Å²) in [6, 6.07) is 7.50. The van der Waals surface area contributed by atoms with E-state index in [1.54, 1.807) is 24.3 Å². The second kappa shape index (κ2) is 10.5. The molecule has 0 aliphatic carbocycles. The van der Waals surface area contributed by atoms with Gasteiger partial charge < -0.3 is 20.5 Å². The Balaban J connectivity index is 1.99. The van der Waals surface area contributed by atoms with E-state index < -0.39 is 36.9 Å². The molecule has 12 heteroatoms. The van der Waals surface area contributed by atoms with Gasteiger partial charge in [-0.05, 0) is 16.0 Å². The van der Waals surface area contributed by atoms with Crippen molar-refractivity contribution in [2.45, 2.75) is 32.0 Å². The summed E-state index contributed by atoms with van der Waals surface area (Å²) in [6.07, 6.45) is -1.74. The number of nitrogens with one attached hydrogen (secondary N) is 2. The number of ketones is 1. The van der Waals surface area contributed by atoms with Crippen LogP contribution in [0.25, 0.3) is 0 Å². The van der Waals surface area contributed by atoms with Crippen molar-refractivity contribution in [2.24, 2.45) is 0 Å². The lowest BCUT2D eigenvalue weighted by atomic mass is 10.1. The molecule has 1 unspecified atom stereocenters. The molecule has 1 aromatic carbocycles. The molecule has 0 aliphatic heterocycles. The van der Waals surface area contributed by atoms with Gasteiger partial charge in [0.05, 0.1) is 12.8 Å². The summed E-state index contributed by atoms with van der Waals surface area (Å²) < 4.78 is 6.09. The Morgan fingerprint density at radius 2 is 1.93 bits per heavy atom. The number of amides is 2. The number of hydrogen-bond donors (Lipinski definition) is 3. The van der Waals surface area contributed by atoms with E-state index in [1.807, 2.05) is 6.07 Å². The number of likely N-dealkylation sites (N-methyl/N-ethyl adjacent to an activating group) is 1. The van der Waals surface area contributed by atoms with Crippen molar-refractivity contribution in [1.29, 1.82) is 0 Å². The minimum Gasteiger partial charge on any atom is -0.481 e. The second-order valence-corrected chi connectivity index (χ2v) is 5.93. The number of ether oxygens (including phenoxy) is 1. The molecule has 0 saturated carbocycles. The Labute approximate surface area is 165 Å². The van der Waals surface area contributed by atoms with Gasteiger partial charge in [-0.25, -0.2) is 9.48 Å². The standard InChI is InChI=1S/C17H20N6O6/c1-18-15(25)8-14-20-21-22-23(14)9-13(24)12(7-16(26)27)19-17(28)29-10-11-5-3-2-4-6-11/h2-6,12H,7-10H2,1H3,(H,18,25)(H,19,28)(H,26,27). The fraction of sp³-hybridized carbons (Fsp3) is 0.353. The fourth-order valence-electron chi connectivity index (χ4n) is 2.29. The Bertz CT molecular complexity index is 868. The molecule has 0 bridgehead atoms. The third kappa shape index (κ3) is 7.01. The second-order valence-electron chi connectivity index (χ2n) is 5.93. The van der Waals surface area contributed by atoms with E-state index in [2.05, 4.69) is 26.2 Å². The molecule has 2 aromatic rings. The molecule has 2 amide bonds. The molecular weight excluding hydrogens is 384 g/mol. The molecule has 3 N–H and O–H groups in total. The molecular formula is C17H20N6O6. The van der Waals surface area contributed by atoms with Crippen molar-refractivity contribution in [2.75, 3.05) is 7.05 Å². The maximum Gasteiger partial charge on any atom is 0.408 e. The molecule has 0 saturated heterocycles. The summed E-state index contributed by atoms with van der Waals surface area (Å²) in [6.45, 7) is -0.458. The fourth-order valence-corrected chi connectivity index (χ4v) is 2.29. The van der Waals surface area contributed by atoms with Crippen LogP contribution in [-0.2, 0) is 38.7 Å². The average molecular weight is 404 g/mol. The van der Waals surface area contributed by atoms with Gasteiger partial charge in [0.2, 0.25) is 5.91 Å². The summed E-state index contributed by atoms with van der Waals surface area (Å²) in [5.41, 5.74) is 0.733. The highest BCUT2D eigenvalue weighted by atomic mass is 16.5. The van der Waals surface area contributed by atoms with Crippen LogP contribution in [-0.4, -0.2) is 62.2 Å². The third-order valence-electron chi connectivity index (χ3n) is 3.78. The van der Waals surface area contributed by atoms with Crippen LogP contribution in [0.15, 0.2) is 30.3 Å². The molecule has 2 rings (SSSR count). The number of carbonyl (C=O) groups is 4. The number of alkyl carbamates (subject to hydrolysis) is 1. The van der Waals surface area contributed by atoms with Gasteiger partial charge in [-0.2, -0.15) is 0 Å². The Morgan fingerprint density at radius 1 is 1.21 bits per heavy atom. The number of hydrogen-bond acceptors (Lipinski definition) is 8. The van der Waals surface area contributed by atoms with E-state index >= 15 is 0 Å². The van der Waals surface area contributed by atoms with Gasteiger partial charge in [0.15, 0.2) is 11.6 Å². The molecule has 0 radical (unpaired) electrons. The molecule has 1 aromatic heterocycles. The number of Topliss-reactive ketones (excluding diaryl/α,β-unsaturated/α-hetero) is 1. The predicted octanol–water partition coefficient (Wildman–Crippen LogP) is -0.700.